The minimum absolute atomic E-state index is 0. The topological polar surface area (TPSA) is 65.9 Å². The van der Waals surface area contributed by atoms with Gasteiger partial charge >= 0.3 is 0 Å². The van der Waals surface area contributed by atoms with Gasteiger partial charge in [-0.15, -0.1) is 24.0 Å². The lowest BCUT2D eigenvalue weighted by molar-refractivity contribution is 0.0368. The molecule has 142 valence electrons. The lowest BCUT2D eigenvalue weighted by Crippen LogP contribution is -2.38. The highest BCUT2D eigenvalue weighted by Gasteiger charge is 2.21. The predicted octanol–water partition coefficient (Wildman–Crippen LogP) is 2.58. The zero-order chi connectivity index (χ0) is 17.0. The summed E-state index contributed by atoms with van der Waals surface area (Å²) in [7, 11) is 0. The Bertz CT molecular complexity index is 481. The van der Waals surface area contributed by atoms with E-state index >= 15 is 0 Å². The van der Waals surface area contributed by atoms with Gasteiger partial charge in [0.05, 0.1) is 19.3 Å². The van der Waals surface area contributed by atoms with Crippen LogP contribution in [0.3, 0.4) is 0 Å². The molecule has 6 heteroatoms. The van der Waals surface area contributed by atoms with E-state index < -0.39 is 6.10 Å². The number of benzene rings is 1. The van der Waals surface area contributed by atoms with Crippen molar-refractivity contribution in [1.29, 1.82) is 0 Å². The van der Waals surface area contributed by atoms with Gasteiger partial charge in [0.1, 0.15) is 0 Å². The number of halogens is 1. The zero-order valence-electron chi connectivity index (χ0n) is 15.1. The van der Waals surface area contributed by atoms with Crippen LogP contribution in [-0.2, 0) is 11.2 Å². The lowest BCUT2D eigenvalue weighted by Gasteiger charge is -2.13. The summed E-state index contributed by atoms with van der Waals surface area (Å²) in [5, 5.41) is 16.5. The first-order valence-corrected chi connectivity index (χ1v) is 9.10. The smallest absolute Gasteiger partial charge is 0.191 e. The minimum atomic E-state index is -0.538. The Morgan fingerprint density at radius 3 is 2.72 bits per heavy atom. The SMILES string of the molecule is CCNC(=NCC(O)COCC1CC1)NCCCc1ccccc1.I. The molecule has 0 bridgehead atoms. The van der Waals surface area contributed by atoms with Crippen LogP contribution >= 0.6 is 24.0 Å². The molecule has 0 aromatic heterocycles. The number of ether oxygens (including phenoxy) is 1. The first kappa shape index (κ1) is 22.2. The maximum atomic E-state index is 9.93. The van der Waals surface area contributed by atoms with Crippen molar-refractivity contribution in [1.82, 2.24) is 10.6 Å². The molecule has 1 atom stereocenters. The summed E-state index contributed by atoms with van der Waals surface area (Å²) in [6.45, 7) is 5.20. The fourth-order valence-corrected chi connectivity index (χ4v) is 2.39. The summed E-state index contributed by atoms with van der Waals surface area (Å²) >= 11 is 0. The Balaban J connectivity index is 0.00000312. The van der Waals surface area contributed by atoms with Crippen LogP contribution in [0.4, 0.5) is 0 Å². The molecule has 5 nitrogen and oxygen atoms in total. The quantitative estimate of drug-likeness (QED) is 0.205. The van der Waals surface area contributed by atoms with E-state index in [0.29, 0.717) is 13.2 Å². The highest BCUT2D eigenvalue weighted by Crippen LogP contribution is 2.28. The average Bonchev–Trinajstić information content (AvgIpc) is 3.41. The number of aliphatic imine (C=N–C) groups is 1. The summed E-state index contributed by atoms with van der Waals surface area (Å²) in [4.78, 5) is 4.44. The van der Waals surface area contributed by atoms with Gasteiger partial charge in [-0.3, -0.25) is 4.99 Å². The summed E-state index contributed by atoms with van der Waals surface area (Å²) in [6, 6.07) is 10.5. The van der Waals surface area contributed by atoms with Crippen LogP contribution in [-0.4, -0.2) is 50.0 Å². The van der Waals surface area contributed by atoms with Gasteiger partial charge in [0.25, 0.3) is 0 Å². The molecule has 0 saturated heterocycles. The number of aryl methyl sites for hydroxylation is 1. The molecule has 1 aliphatic rings. The third kappa shape index (κ3) is 10.7. The number of rotatable bonds is 11. The maximum Gasteiger partial charge on any atom is 0.191 e. The molecular weight excluding hydrogens is 429 g/mol. The van der Waals surface area contributed by atoms with E-state index in [2.05, 4.69) is 39.9 Å². The van der Waals surface area contributed by atoms with Crippen molar-refractivity contribution in [2.45, 2.75) is 38.7 Å². The molecule has 0 spiro atoms. The largest absolute Gasteiger partial charge is 0.389 e. The second-order valence-electron chi connectivity index (χ2n) is 6.37. The minimum Gasteiger partial charge on any atom is -0.389 e. The monoisotopic (exact) mass is 461 g/mol. The van der Waals surface area contributed by atoms with Crippen molar-refractivity contribution in [3.8, 4) is 0 Å². The fourth-order valence-electron chi connectivity index (χ4n) is 2.39. The summed E-state index contributed by atoms with van der Waals surface area (Å²) in [6.07, 6.45) is 4.09. The van der Waals surface area contributed by atoms with Gasteiger partial charge in [0.2, 0.25) is 0 Å². The molecule has 2 rings (SSSR count). The van der Waals surface area contributed by atoms with E-state index in [1.165, 1.54) is 18.4 Å². The average molecular weight is 461 g/mol. The highest BCUT2D eigenvalue weighted by atomic mass is 127. The van der Waals surface area contributed by atoms with Gasteiger partial charge in [-0.05, 0) is 44.1 Å². The highest BCUT2D eigenvalue weighted by molar-refractivity contribution is 14.0. The molecule has 25 heavy (non-hydrogen) atoms. The van der Waals surface area contributed by atoms with Gasteiger partial charge in [-0.2, -0.15) is 0 Å². The molecule has 1 fully saturated rings. The number of hydrogen-bond acceptors (Lipinski definition) is 3. The molecular formula is C19H32IN3O2. The van der Waals surface area contributed by atoms with Crippen molar-refractivity contribution >= 4 is 29.9 Å². The van der Waals surface area contributed by atoms with Crippen molar-refractivity contribution in [3.05, 3.63) is 35.9 Å². The fraction of sp³-hybridized carbons (Fsp3) is 0.632. The Morgan fingerprint density at radius 1 is 1.28 bits per heavy atom. The number of hydrogen-bond donors (Lipinski definition) is 3. The molecule has 0 radical (unpaired) electrons. The molecule has 1 saturated carbocycles. The van der Waals surface area contributed by atoms with E-state index in [1.54, 1.807) is 0 Å². The Labute approximate surface area is 168 Å². The van der Waals surface area contributed by atoms with E-state index in [-0.39, 0.29) is 24.0 Å². The van der Waals surface area contributed by atoms with Gasteiger partial charge in [-0.1, -0.05) is 30.3 Å². The van der Waals surface area contributed by atoms with Crippen molar-refractivity contribution in [2.24, 2.45) is 10.9 Å². The van der Waals surface area contributed by atoms with Crippen LogP contribution in [0, 0.1) is 5.92 Å². The molecule has 1 unspecified atom stereocenters. The molecule has 3 N–H and O–H groups in total. The number of guanidine groups is 1. The van der Waals surface area contributed by atoms with E-state index in [0.717, 1.165) is 44.4 Å². The van der Waals surface area contributed by atoms with Crippen molar-refractivity contribution in [2.75, 3.05) is 32.8 Å². The second-order valence-corrected chi connectivity index (χ2v) is 6.37. The predicted molar refractivity (Wildman–Crippen MR) is 114 cm³/mol. The summed E-state index contributed by atoms with van der Waals surface area (Å²) in [5.41, 5.74) is 1.35. The first-order chi connectivity index (χ1) is 11.8. The second kappa shape index (κ2) is 13.4. The zero-order valence-corrected chi connectivity index (χ0v) is 17.4. The molecule has 1 aromatic rings. The number of aliphatic hydroxyl groups is 1. The van der Waals surface area contributed by atoms with Crippen LogP contribution in [0.2, 0.25) is 0 Å². The molecule has 0 heterocycles. The van der Waals surface area contributed by atoms with Crippen molar-refractivity contribution in [3.63, 3.8) is 0 Å². The third-order valence-corrected chi connectivity index (χ3v) is 3.94. The van der Waals surface area contributed by atoms with Gasteiger partial charge in [-0.25, -0.2) is 0 Å². The van der Waals surface area contributed by atoms with Gasteiger partial charge in [0, 0.05) is 19.7 Å². The molecule has 0 amide bonds. The summed E-state index contributed by atoms with van der Waals surface area (Å²) < 4.78 is 5.50. The third-order valence-electron chi connectivity index (χ3n) is 3.94. The number of nitrogens with zero attached hydrogens (tertiary/aromatic N) is 1. The van der Waals surface area contributed by atoms with Crippen LogP contribution in [0.5, 0.6) is 0 Å². The van der Waals surface area contributed by atoms with Gasteiger partial charge in [0.15, 0.2) is 5.96 Å². The number of nitrogens with one attached hydrogen (secondary N) is 2. The van der Waals surface area contributed by atoms with Crippen LogP contribution in [0.1, 0.15) is 31.7 Å². The molecule has 1 aliphatic carbocycles. The number of aliphatic hydroxyl groups excluding tert-OH is 1. The van der Waals surface area contributed by atoms with E-state index in [1.807, 2.05) is 13.0 Å². The van der Waals surface area contributed by atoms with E-state index in [4.69, 9.17) is 4.74 Å². The first-order valence-electron chi connectivity index (χ1n) is 9.10. The standard InChI is InChI=1S/C19H31N3O2.HI/c1-2-20-19(21-12-6-9-16-7-4-3-5-8-16)22-13-18(23)15-24-14-17-10-11-17;/h3-5,7-8,17-18,23H,2,6,9-15H2,1H3,(H2,20,21,22);1H. The van der Waals surface area contributed by atoms with Crippen LogP contribution in [0.15, 0.2) is 35.3 Å². The Hall–Kier alpha value is -0.860. The maximum absolute atomic E-state index is 9.93. The Kier molecular flexibility index (Phi) is 11.9. The Morgan fingerprint density at radius 2 is 2.04 bits per heavy atom. The van der Waals surface area contributed by atoms with E-state index in [9.17, 15) is 5.11 Å². The molecule has 1 aromatic carbocycles. The summed E-state index contributed by atoms with van der Waals surface area (Å²) in [5.74, 6) is 1.48. The van der Waals surface area contributed by atoms with Crippen LogP contribution < -0.4 is 10.6 Å². The van der Waals surface area contributed by atoms with Crippen LogP contribution in [0.25, 0.3) is 0 Å². The molecule has 0 aliphatic heterocycles. The van der Waals surface area contributed by atoms with Gasteiger partial charge < -0.3 is 20.5 Å². The van der Waals surface area contributed by atoms with Crippen molar-refractivity contribution < 1.29 is 9.84 Å². The normalized spacial score (nSPS) is 15.4. The lowest BCUT2D eigenvalue weighted by atomic mass is 10.1.